The van der Waals surface area contributed by atoms with Gasteiger partial charge in [0.05, 0.1) is 0 Å². The van der Waals surface area contributed by atoms with E-state index in [0.717, 1.165) is 30.1 Å². The zero-order valence-corrected chi connectivity index (χ0v) is 12.5. The zero-order valence-electron chi connectivity index (χ0n) is 11.7. The number of hydrogen-bond donors (Lipinski definition) is 2. The Kier molecular flexibility index (Phi) is 6.24. The van der Waals surface area contributed by atoms with Crippen LogP contribution >= 0.6 is 0 Å². The summed E-state index contributed by atoms with van der Waals surface area (Å²) >= 11 is 0. The highest BCUT2D eigenvalue weighted by Gasteiger charge is 2.33. The molecule has 0 bridgehead atoms. The lowest BCUT2D eigenvalue weighted by Crippen LogP contribution is -2.52. The van der Waals surface area contributed by atoms with E-state index in [1.165, 1.54) is 0 Å². The van der Waals surface area contributed by atoms with Crippen molar-refractivity contribution in [3.8, 4) is 0 Å². The molecular formula is C11H22F3N3O2S. The van der Waals surface area contributed by atoms with Gasteiger partial charge in [0.1, 0.15) is 6.54 Å². The van der Waals surface area contributed by atoms with Gasteiger partial charge in [0.2, 0.25) is 0 Å². The molecule has 0 radical (unpaired) electrons. The molecule has 0 aromatic heterocycles. The van der Waals surface area contributed by atoms with E-state index < -0.39 is 29.0 Å². The molecule has 1 fully saturated rings. The number of piperidine rings is 1. The van der Waals surface area contributed by atoms with Crippen LogP contribution in [-0.4, -0.2) is 50.6 Å². The number of nitrogens with zero attached hydrogens (tertiary/aromatic N) is 1. The maximum atomic E-state index is 12.2. The molecular weight excluding hydrogens is 295 g/mol. The van der Waals surface area contributed by atoms with Crippen molar-refractivity contribution in [3.05, 3.63) is 0 Å². The highest BCUT2D eigenvalue weighted by Crippen LogP contribution is 2.16. The molecule has 0 aliphatic carbocycles. The molecule has 0 aromatic rings. The predicted molar refractivity (Wildman–Crippen MR) is 70.5 cm³/mol. The molecule has 1 aliphatic rings. The van der Waals surface area contributed by atoms with E-state index in [1.807, 2.05) is 0 Å². The summed E-state index contributed by atoms with van der Waals surface area (Å²) in [6, 6.07) is -0.405. The van der Waals surface area contributed by atoms with Crippen molar-refractivity contribution in [1.82, 2.24) is 14.3 Å². The standard InChI is InChI=1S/C11H22F3N3O2S/c1-9(2)17(7-10-5-3-4-6-15-10)20(18,19)16-8-11(12,13)14/h9-10,15-16H,3-8H2,1-2H3. The Hall–Kier alpha value is -0.380. The maximum Gasteiger partial charge on any atom is 0.402 e. The first-order valence-corrected chi connectivity index (χ1v) is 8.12. The Labute approximate surface area is 118 Å². The SMILES string of the molecule is CC(C)N(CC1CCCCN1)S(=O)(=O)NCC(F)(F)F. The van der Waals surface area contributed by atoms with Gasteiger partial charge in [0.15, 0.2) is 0 Å². The van der Waals surface area contributed by atoms with Gasteiger partial charge in [-0.25, -0.2) is 0 Å². The number of rotatable bonds is 6. The van der Waals surface area contributed by atoms with Crippen LogP contribution in [0.2, 0.25) is 0 Å². The Bertz CT molecular complexity index is 392. The van der Waals surface area contributed by atoms with Gasteiger partial charge in [-0.3, -0.25) is 0 Å². The molecule has 0 spiro atoms. The van der Waals surface area contributed by atoms with Crippen LogP contribution in [-0.2, 0) is 10.2 Å². The molecule has 9 heteroatoms. The number of nitrogens with one attached hydrogen (secondary N) is 2. The Morgan fingerprint density at radius 2 is 2.00 bits per heavy atom. The minimum absolute atomic E-state index is 0.00592. The molecule has 0 saturated carbocycles. The summed E-state index contributed by atoms with van der Waals surface area (Å²) in [6.07, 6.45) is -1.69. The lowest BCUT2D eigenvalue weighted by atomic mass is 10.1. The van der Waals surface area contributed by atoms with Crippen LogP contribution in [0.5, 0.6) is 0 Å². The van der Waals surface area contributed by atoms with Gasteiger partial charge in [-0.05, 0) is 33.2 Å². The van der Waals surface area contributed by atoms with Crippen LogP contribution < -0.4 is 10.0 Å². The smallest absolute Gasteiger partial charge is 0.313 e. The fraction of sp³-hybridized carbons (Fsp3) is 1.00. The summed E-state index contributed by atoms with van der Waals surface area (Å²) in [4.78, 5) is 0. The molecule has 0 amide bonds. The summed E-state index contributed by atoms with van der Waals surface area (Å²) in [5.41, 5.74) is 0. The first kappa shape index (κ1) is 17.7. The second-order valence-electron chi connectivity index (χ2n) is 5.25. The largest absolute Gasteiger partial charge is 0.402 e. The van der Waals surface area contributed by atoms with Crippen molar-refractivity contribution >= 4 is 10.2 Å². The molecule has 120 valence electrons. The van der Waals surface area contributed by atoms with Crippen molar-refractivity contribution in [1.29, 1.82) is 0 Å². The van der Waals surface area contributed by atoms with Gasteiger partial charge >= 0.3 is 6.18 Å². The molecule has 20 heavy (non-hydrogen) atoms. The van der Waals surface area contributed by atoms with Crippen molar-refractivity contribution in [2.45, 2.75) is 51.4 Å². The van der Waals surface area contributed by atoms with Crippen LogP contribution in [0, 0.1) is 0 Å². The normalized spacial score (nSPS) is 21.6. The van der Waals surface area contributed by atoms with Gasteiger partial charge in [-0.1, -0.05) is 6.42 Å². The molecule has 1 atom stereocenters. The first-order valence-electron chi connectivity index (χ1n) is 6.68. The third-order valence-corrected chi connectivity index (χ3v) is 4.85. The summed E-state index contributed by atoms with van der Waals surface area (Å²) in [5, 5.41) is 3.19. The number of alkyl halides is 3. The van der Waals surface area contributed by atoms with Crippen molar-refractivity contribution < 1.29 is 21.6 Å². The topological polar surface area (TPSA) is 61.4 Å². The molecule has 2 N–H and O–H groups in total. The molecule has 1 saturated heterocycles. The van der Waals surface area contributed by atoms with Crippen LogP contribution in [0.3, 0.4) is 0 Å². The first-order chi connectivity index (χ1) is 9.12. The lowest BCUT2D eigenvalue weighted by Gasteiger charge is -2.32. The highest BCUT2D eigenvalue weighted by atomic mass is 32.2. The van der Waals surface area contributed by atoms with E-state index in [9.17, 15) is 21.6 Å². The summed E-state index contributed by atoms with van der Waals surface area (Å²) in [7, 11) is -4.13. The Morgan fingerprint density at radius 3 is 2.45 bits per heavy atom. The molecule has 1 heterocycles. The maximum absolute atomic E-state index is 12.2. The Balaban J connectivity index is 2.68. The van der Waals surface area contributed by atoms with Crippen molar-refractivity contribution in [2.75, 3.05) is 19.6 Å². The minimum atomic E-state index is -4.56. The molecule has 1 aliphatic heterocycles. The van der Waals surface area contributed by atoms with Gasteiger partial charge < -0.3 is 5.32 Å². The van der Waals surface area contributed by atoms with E-state index in [-0.39, 0.29) is 12.6 Å². The van der Waals surface area contributed by atoms with Gasteiger partial charge in [0, 0.05) is 18.6 Å². The predicted octanol–water partition coefficient (Wildman–Crippen LogP) is 1.24. The van der Waals surface area contributed by atoms with Gasteiger partial charge in [-0.15, -0.1) is 0 Å². The van der Waals surface area contributed by atoms with Crippen molar-refractivity contribution in [2.24, 2.45) is 0 Å². The third kappa shape index (κ3) is 5.94. The highest BCUT2D eigenvalue weighted by molar-refractivity contribution is 7.87. The van der Waals surface area contributed by atoms with Crippen LogP contribution in [0.15, 0.2) is 0 Å². The fourth-order valence-corrected chi connectivity index (χ4v) is 3.58. The van der Waals surface area contributed by atoms with E-state index in [4.69, 9.17) is 0 Å². The Morgan fingerprint density at radius 1 is 1.35 bits per heavy atom. The van der Waals surface area contributed by atoms with E-state index in [2.05, 4.69) is 5.32 Å². The van der Waals surface area contributed by atoms with E-state index in [1.54, 1.807) is 18.6 Å². The fourth-order valence-electron chi connectivity index (χ4n) is 2.14. The van der Waals surface area contributed by atoms with Gasteiger partial charge in [-0.2, -0.15) is 30.6 Å². The van der Waals surface area contributed by atoms with Crippen LogP contribution in [0.1, 0.15) is 33.1 Å². The van der Waals surface area contributed by atoms with Crippen LogP contribution in [0.4, 0.5) is 13.2 Å². The van der Waals surface area contributed by atoms with E-state index >= 15 is 0 Å². The quantitative estimate of drug-likeness (QED) is 0.775. The molecule has 0 aromatic carbocycles. The van der Waals surface area contributed by atoms with E-state index in [0.29, 0.717) is 0 Å². The van der Waals surface area contributed by atoms with Crippen LogP contribution in [0.25, 0.3) is 0 Å². The third-order valence-electron chi connectivity index (χ3n) is 3.15. The second-order valence-corrected chi connectivity index (χ2v) is 6.96. The summed E-state index contributed by atoms with van der Waals surface area (Å²) < 4.78 is 63.1. The molecule has 1 rings (SSSR count). The molecule has 1 unspecified atom stereocenters. The average molecular weight is 317 g/mol. The zero-order chi connectivity index (χ0) is 15.4. The summed E-state index contributed by atoms with van der Waals surface area (Å²) in [6.45, 7) is 2.75. The second kappa shape index (κ2) is 7.06. The lowest BCUT2D eigenvalue weighted by molar-refractivity contribution is -0.121. The van der Waals surface area contributed by atoms with Gasteiger partial charge in [0.25, 0.3) is 10.2 Å². The minimum Gasteiger partial charge on any atom is -0.313 e. The number of hydrogen-bond acceptors (Lipinski definition) is 3. The molecule has 5 nitrogen and oxygen atoms in total. The average Bonchev–Trinajstić information content (AvgIpc) is 2.34. The summed E-state index contributed by atoms with van der Waals surface area (Å²) in [5.74, 6) is 0. The number of halogens is 3. The van der Waals surface area contributed by atoms with Crippen molar-refractivity contribution in [3.63, 3.8) is 0 Å². The monoisotopic (exact) mass is 317 g/mol.